The Hall–Kier alpha value is -1.26. The van der Waals surface area contributed by atoms with Gasteiger partial charge >= 0.3 is 0 Å². The summed E-state index contributed by atoms with van der Waals surface area (Å²) in [6.45, 7) is 0. The van der Waals surface area contributed by atoms with E-state index in [1.54, 1.807) is 0 Å². The molecule has 0 spiro atoms. The Balaban J connectivity index is 2.05. The SMILES string of the molecule is [O-][n+]1cc(Cl)ncc1SCc1ccccc1. The molecular weight excluding hydrogens is 244 g/mol. The second-order valence-electron chi connectivity index (χ2n) is 3.15. The van der Waals surface area contributed by atoms with Crippen LogP contribution in [-0.2, 0) is 5.75 Å². The quantitative estimate of drug-likeness (QED) is 0.479. The van der Waals surface area contributed by atoms with Crippen LogP contribution < -0.4 is 4.73 Å². The number of benzene rings is 1. The molecule has 0 saturated heterocycles. The normalized spacial score (nSPS) is 10.3. The molecule has 0 N–H and O–H groups in total. The lowest BCUT2D eigenvalue weighted by atomic mass is 10.2. The molecule has 0 aliphatic rings. The maximum absolute atomic E-state index is 11.4. The summed E-state index contributed by atoms with van der Waals surface area (Å²) in [4.78, 5) is 3.88. The summed E-state index contributed by atoms with van der Waals surface area (Å²) in [5, 5.41) is 12.2. The lowest BCUT2D eigenvalue weighted by Gasteiger charge is -2.03. The van der Waals surface area contributed by atoms with E-state index in [1.807, 2.05) is 30.3 Å². The Kier molecular flexibility index (Phi) is 3.64. The number of aromatic nitrogens is 2. The van der Waals surface area contributed by atoms with Gasteiger partial charge in [-0.1, -0.05) is 41.9 Å². The average Bonchev–Trinajstić information content (AvgIpc) is 2.29. The van der Waals surface area contributed by atoms with Gasteiger partial charge in [0.1, 0.15) is 6.20 Å². The fourth-order valence-corrected chi connectivity index (χ4v) is 2.15. The molecule has 16 heavy (non-hydrogen) atoms. The van der Waals surface area contributed by atoms with E-state index in [1.165, 1.54) is 29.7 Å². The van der Waals surface area contributed by atoms with Gasteiger partial charge in [0, 0.05) is 5.75 Å². The zero-order valence-corrected chi connectivity index (χ0v) is 9.91. The molecule has 0 atom stereocenters. The van der Waals surface area contributed by atoms with Crippen molar-refractivity contribution in [1.29, 1.82) is 0 Å². The van der Waals surface area contributed by atoms with Gasteiger partial charge in [0.15, 0.2) is 5.15 Å². The van der Waals surface area contributed by atoms with Gasteiger partial charge in [-0.05, 0) is 17.3 Å². The minimum absolute atomic E-state index is 0.207. The zero-order valence-electron chi connectivity index (χ0n) is 8.34. The monoisotopic (exact) mass is 252 g/mol. The van der Waals surface area contributed by atoms with Gasteiger partial charge in [0.05, 0.1) is 0 Å². The molecule has 0 unspecified atom stereocenters. The largest absolute Gasteiger partial charge is 0.618 e. The maximum atomic E-state index is 11.4. The van der Waals surface area contributed by atoms with E-state index in [2.05, 4.69) is 4.98 Å². The van der Waals surface area contributed by atoms with Crippen LogP contribution in [0.15, 0.2) is 47.8 Å². The molecule has 5 heteroatoms. The highest BCUT2D eigenvalue weighted by molar-refractivity contribution is 7.98. The van der Waals surface area contributed by atoms with Crippen molar-refractivity contribution in [3.63, 3.8) is 0 Å². The number of hydrogen-bond donors (Lipinski definition) is 0. The van der Waals surface area contributed by atoms with Crippen molar-refractivity contribution < 1.29 is 4.73 Å². The van der Waals surface area contributed by atoms with Gasteiger partial charge in [0.25, 0.3) is 5.03 Å². The predicted molar refractivity (Wildman–Crippen MR) is 64.2 cm³/mol. The minimum atomic E-state index is 0.207. The van der Waals surface area contributed by atoms with Crippen molar-refractivity contribution >= 4 is 23.4 Å². The van der Waals surface area contributed by atoms with E-state index < -0.39 is 0 Å². The molecule has 82 valence electrons. The van der Waals surface area contributed by atoms with E-state index in [0.717, 1.165) is 10.5 Å². The topological polar surface area (TPSA) is 39.8 Å². The van der Waals surface area contributed by atoms with E-state index in [4.69, 9.17) is 11.6 Å². The summed E-state index contributed by atoms with van der Waals surface area (Å²) < 4.78 is 0.739. The smallest absolute Gasteiger partial charge is 0.270 e. The van der Waals surface area contributed by atoms with Crippen LogP contribution >= 0.6 is 23.4 Å². The molecule has 2 rings (SSSR count). The Morgan fingerprint density at radius 2 is 2.06 bits per heavy atom. The van der Waals surface area contributed by atoms with Gasteiger partial charge in [-0.2, -0.15) is 4.73 Å². The summed E-state index contributed by atoms with van der Waals surface area (Å²) in [6, 6.07) is 9.95. The van der Waals surface area contributed by atoms with Crippen LogP contribution in [0.25, 0.3) is 0 Å². The van der Waals surface area contributed by atoms with Crippen LogP contribution in [0.4, 0.5) is 0 Å². The molecule has 0 radical (unpaired) electrons. The molecule has 0 bridgehead atoms. The van der Waals surface area contributed by atoms with Crippen molar-refractivity contribution in [2.75, 3.05) is 0 Å². The Labute approximate surface area is 103 Å². The molecule has 1 aromatic heterocycles. The minimum Gasteiger partial charge on any atom is -0.618 e. The first kappa shape index (κ1) is 11.2. The average molecular weight is 253 g/mol. The highest BCUT2D eigenvalue weighted by Gasteiger charge is 2.07. The third kappa shape index (κ3) is 2.87. The van der Waals surface area contributed by atoms with Gasteiger partial charge < -0.3 is 5.21 Å². The molecule has 0 saturated carbocycles. The van der Waals surface area contributed by atoms with Crippen molar-refractivity contribution in [1.82, 2.24) is 4.98 Å². The molecular formula is C11H9ClN2OS. The van der Waals surface area contributed by atoms with Crippen LogP contribution in [0, 0.1) is 5.21 Å². The first-order chi connectivity index (χ1) is 7.75. The summed E-state index contributed by atoms with van der Waals surface area (Å²) >= 11 is 7.03. The van der Waals surface area contributed by atoms with Crippen LogP contribution in [0.5, 0.6) is 0 Å². The Bertz CT molecular complexity index is 479. The summed E-state index contributed by atoms with van der Waals surface area (Å²) in [5.41, 5.74) is 1.17. The lowest BCUT2D eigenvalue weighted by molar-refractivity contribution is -0.646. The van der Waals surface area contributed by atoms with Gasteiger partial charge in [0.2, 0.25) is 6.20 Å². The van der Waals surface area contributed by atoms with E-state index in [9.17, 15) is 5.21 Å². The first-order valence-corrected chi connectivity index (χ1v) is 6.03. The van der Waals surface area contributed by atoms with E-state index >= 15 is 0 Å². The standard InChI is InChI=1S/C11H9ClN2OS/c12-10-7-14(15)11(6-13-10)16-8-9-4-2-1-3-5-9/h1-7H,8H2. The van der Waals surface area contributed by atoms with Crippen molar-refractivity contribution in [2.45, 2.75) is 10.8 Å². The van der Waals surface area contributed by atoms with Crippen LogP contribution in [-0.4, -0.2) is 4.98 Å². The lowest BCUT2D eigenvalue weighted by Crippen LogP contribution is -2.28. The molecule has 0 aliphatic heterocycles. The zero-order chi connectivity index (χ0) is 11.4. The number of halogens is 1. The number of hydrogen-bond acceptors (Lipinski definition) is 3. The Morgan fingerprint density at radius 1 is 1.31 bits per heavy atom. The number of thioether (sulfide) groups is 1. The summed E-state index contributed by atoms with van der Waals surface area (Å²) in [7, 11) is 0. The molecule has 0 fully saturated rings. The third-order valence-corrected chi connectivity index (χ3v) is 3.22. The Morgan fingerprint density at radius 3 is 2.75 bits per heavy atom. The highest BCUT2D eigenvalue weighted by Crippen LogP contribution is 2.19. The molecule has 3 nitrogen and oxygen atoms in total. The number of nitrogens with zero attached hydrogens (tertiary/aromatic N) is 2. The fourth-order valence-electron chi connectivity index (χ4n) is 1.20. The molecule has 0 aliphatic carbocycles. The van der Waals surface area contributed by atoms with E-state index in [-0.39, 0.29) is 5.15 Å². The maximum Gasteiger partial charge on any atom is 0.270 e. The highest BCUT2D eigenvalue weighted by atomic mass is 35.5. The van der Waals surface area contributed by atoms with Gasteiger partial charge in [-0.25, -0.2) is 4.98 Å². The number of rotatable bonds is 3. The molecule has 2 aromatic rings. The van der Waals surface area contributed by atoms with Gasteiger partial charge in [-0.3, -0.25) is 0 Å². The van der Waals surface area contributed by atoms with Crippen LogP contribution in [0.2, 0.25) is 5.15 Å². The van der Waals surface area contributed by atoms with E-state index in [0.29, 0.717) is 5.03 Å². The van der Waals surface area contributed by atoms with Crippen LogP contribution in [0.1, 0.15) is 5.56 Å². The van der Waals surface area contributed by atoms with Crippen molar-refractivity contribution in [3.05, 3.63) is 58.6 Å². The second-order valence-corrected chi connectivity index (χ2v) is 4.53. The molecule has 0 amide bonds. The van der Waals surface area contributed by atoms with Crippen molar-refractivity contribution in [3.8, 4) is 0 Å². The first-order valence-electron chi connectivity index (χ1n) is 4.67. The van der Waals surface area contributed by atoms with Crippen molar-refractivity contribution in [2.24, 2.45) is 0 Å². The molecule has 1 aromatic carbocycles. The third-order valence-electron chi connectivity index (χ3n) is 1.97. The second kappa shape index (κ2) is 5.18. The predicted octanol–water partition coefficient (Wildman–Crippen LogP) is 2.66. The summed E-state index contributed by atoms with van der Waals surface area (Å²) in [6.07, 6.45) is 2.75. The van der Waals surface area contributed by atoms with Crippen LogP contribution in [0.3, 0.4) is 0 Å². The molecule has 1 heterocycles. The van der Waals surface area contributed by atoms with Gasteiger partial charge in [-0.15, -0.1) is 0 Å². The fraction of sp³-hybridized carbons (Fsp3) is 0.0909. The summed E-state index contributed by atoms with van der Waals surface area (Å²) in [5.74, 6) is 0.742.